The van der Waals surface area contributed by atoms with Crippen molar-refractivity contribution in [3.63, 3.8) is 0 Å². The SMILES string of the molecule is CCC1(C)CCOc2ccc(O)cc21.Oc1ccccc1.c1ccc(OCCN2CCCCC2)cc1. The van der Waals surface area contributed by atoms with Crippen LogP contribution in [0.2, 0.25) is 0 Å². The number of rotatable bonds is 5. The minimum atomic E-state index is 0.159. The number of hydrogen-bond acceptors (Lipinski definition) is 5. The second-order valence-corrected chi connectivity index (χ2v) is 9.59. The van der Waals surface area contributed by atoms with Gasteiger partial charge in [0, 0.05) is 12.1 Å². The summed E-state index contributed by atoms with van der Waals surface area (Å²) in [4.78, 5) is 2.49. The molecule has 5 heteroatoms. The summed E-state index contributed by atoms with van der Waals surface area (Å²) < 4.78 is 11.2. The lowest BCUT2D eigenvalue weighted by molar-refractivity contribution is 0.183. The summed E-state index contributed by atoms with van der Waals surface area (Å²) in [5.41, 5.74) is 1.30. The van der Waals surface area contributed by atoms with Crippen molar-refractivity contribution in [2.45, 2.75) is 51.4 Å². The predicted octanol–water partition coefficient (Wildman–Crippen LogP) is 6.79. The normalized spacial score (nSPS) is 18.8. The third-order valence-electron chi connectivity index (χ3n) is 6.93. The van der Waals surface area contributed by atoms with E-state index >= 15 is 0 Å². The highest BCUT2D eigenvalue weighted by molar-refractivity contribution is 5.45. The van der Waals surface area contributed by atoms with E-state index in [1.165, 1.54) is 32.4 Å². The Kier molecular flexibility index (Phi) is 11.0. The molecule has 3 aromatic carbocycles. The van der Waals surface area contributed by atoms with E-state index in [1.54, 1.807) is 30.3 Å². The van der Waals surface area contributed by atoms with Gasteiger partial charge in [0.2, 0.25) is 0 Å². The summed E-state index contributed by atoms with van der Waals surface area (Å²) >= 11 is 0. The van der Waals surface area contributed by atoms with Gasteiger partial charge in [0.25, 0.3) is 0 Å². The van der Waals surface area contributed by atoms with Gasteiger partial charge >= 0.3 is 0 Å². The molecule has 2 aliphatic heterocycles. The average Bonchev–Trinajstić information content (AvgIpc) is 2.92. The molecule has 0 bridgehead atoms. The lowest BCUT2D eigenvalue weighted by Crippen LogP contribution is -2.33. The van der Waals surface area contributed by atoms with Gasteiger partial charge in [-0.3, -0.25) is 4.90 Å². The Morgan fingerprint density at radius 2 is 1.53 bits per heavy atom. The van der Waals surface area contributed by atoms with E-state index in [4.69, 9.17) is 14.6 Å². The van der Waals surface area contributed by atoms with Crippen LogP contribution in [0, 0.1) is 0 Å². The van der Waals surface area contributed by atoms with Crippen LogP contribution in [0.4, 0.5) is 0 Å². The molecular weight excluding hydrogens is 450 g/mol. The number of phenolic OH excluding ortho intramolecular Hbond substituents is 2. The number of nitrogens with zero attached hydrogens (tertiary/aromatic N) is 1. The number of likely N-dealkylation sites (tertiary alicyclic amines) is 1. The molecule has 2 aliphatic rings. The summed E-state index contributed by atoms with van der Waals surface area (Å²) in [6.07, 6.45) is 6.21. The van der Waals surface area contributed by atoms with Crippen molar-refractivity contribution in [2.75, 3.05) is 32.8 Å². The van der Waals surface area contributed by atoms with Crippen LogP contribution in [0.25, 0.3) is 0 Å². The topological polar surface area (TPSA) is 62.2 Å². The molecule has 0 amide bonds. The Morgan fingerprint density at radius 1 is 0.861 bits per heavy atom. The molecule has 1 fully saturated rings. The van der Waals surface area contributed by atoms with Crippen molar-refractivity contribution < 1.29 is 19.7 Å². The van der Waals surface area contributed by atoms with Crippen molar-refractivity contribution >= 4 is 0 Å². The molecule has 3 aromatic rings. The van der Waals surface area contributed by atoms with Crippen LogP contribution < -0.4 is 9.47 Å². The maximum Gasteiger partial charge on any atom is 0.123 e. The smallest absolute Gasteiger partial charge is 0.123 e. The highest BCUT2D eigenvalue weighted by atomic mass is 16.5. The molecule has 2 N–H and O–H groups in total. The maximum absolute atomic E-state index is 9.46. The van der Waals surface area contributed by atoms with Crippen molar-refractivity contribution in [1.29, 1.82) is 0 Å². The molecule has 194 valence electrons. The highest BCUT2D eigenvalue weighted by Gasteiger charge is 2.31. The van der Waals surface area contributed by atoms with Gasteiger partial charge in [-0.2, -0.15) is 0 Å². The van der Waals surface area contributed by atoms with Crippen LogP contribution in [0.5, 0.6) is 23.0 Å². The van der Waals surface area contributed by atoms with E-state index in [9.17, 15) is 5.11 Å². The lowest BCUT2D eigenvalue weighted by Gasteiger charge is -2.35. The molecule has 0 radical (unpaired) electrons. The molecule has 2 heterocycles. The first-order valence-electron chi connectivity index (χ1n) is 13.1. The number of aromatic hydroxyl groups is 2. The predicted molar refractivity (Wildman–Crippen MR) is 146 cm³/mol. The zero-order valence-electron chi connectivity index (χ0n) is 21.7. The minimum Gasteiger partial charge on any atom is -0.508 e. The van der Waals surface area contributed by atoms with Crippen molar-refractivity contribution in [1.82, 2.24) is 4.90 Å². The van der Waals surface area contributed by atoms with Crippen LogP contribution in [0.15, 0.2) is 78.9 Å². The second-order valence-electron chi connectivity index (χ2n) is 9.59. The van der Waals surface area contributed by atoms with Gasteiger partial charge in [0.15, 0.2) is 0 Å². The Balaban J connectivity index is 0.000000160. The summed E-state index contributed by atoms with van der Waals surface area (Å²) in [7, 11) is 0. The van der Waals surface area contributed by atoms with Crippen LogP contribution in [0.3, 0.4) is 0 Å². The summed E-state index contributed by atoms with van der Waals surface area (Å²) in [5.74, 6) is 2.56. The van der Waals surface area contributed by atoms with Gasteiger partial charge in [0.1, 0.15) is 29.6 Å². The number of ether oxygens (including phenoxy) is 2. The van der Waals surface area contributed by atoms with Gasteiger partial charge in [-0.05, 0) is 86.7 Å². The molecular formula is C31H41NO4. The number of fused-ring (bicyclic) bond motifs is 1. The quantitative estimate of drug-likeness (QED) is 0.412. The number of piperidine rings is 1. The third kappa shape index (κ3) is 8.80. The van der Waals surface area contributed by atoms with E-state index in [-0.39, 0.29) is 5.41 Å². The molecule has 0 spiro atoms. The molecule has 1 saturated heterocycles. The summed E-state index contributed by atoms with van der Waals surface area (Å²) in [6.45, 7) is 9.56. The molecule has 5 nitrogen and oxygen atoms in total. The first-order chi connectivity index (χ1) is 17.5. The number of phenols is 2. The molecule has 0 aromatic heterocycles. The molecule has 0 aliphatic carbocycles. The summed E-state index contributed by atoms with van der Waals surface area (Å²) in [5, 5.41) is 18.1. The second kappa shape index (κ2) is 14.4. The molecule has 36 heavy (non-hydrogen) atoms. The van der Waals surface area contributed by atoms with Crippen molar-refractivity contribution in [3.8, 4) is 23.0 Å². The highest BCUT2D eigenvalue weighted by Crippen LogP contribution is 2.42. The summed E-state index contributed by atoms with van der Waals surface area (Å²) in [6, 6.07) is 24.1. The Morgan fingerprint density at radius 3 is 2.14 bits per heavy atom. The fourth-order valence-electron chi connectivity index (χ4n) is 4.42. The maximum atomic E-state index is 9.46. The standard InChI is InChI=1S/C13H19NO.C12H16O2.C6H6O/c1-3-7-13(8-4-1)15-12-11-14-9-5-2-6-10-14;1-3-12(2)6-7-14-11-5-4-9(13)8-10(11)12;7-6-4-2-1-3-5-6/h1,3-4,7-8H,2,5-6,9-12H2;4-5,8,13H,3,6-7H2,1-2H3;1-5,7H. The van der Waals surface area contributed by atoms with Gasteiger partial charge in [0.05, 0.1) is 6.61 Å². The molecule has 0 saturated carbocycles. The number of benzene rings is 3. The minimum absolute atomic E-state index is 0.159. The molecule has 1 atom stereocenters. The monoisotopic (exact) mass is 491 g/mol. The van der Waals surface area contributed by atoms with Crippen LogP contribution in [-0.2, 0) is 5.41 Å². The average molecular weight is 492 g/mol. The number of hydrogen-bond donors (Lipinski definition) is 2. The van der Waals surface area contributed by atoms with Crippen LogP contribution in [-0.4, -0.2) is 48.0 Å². The largest absolute Gasteiger partial charge is 0.508 e. The zero-order valence-corrected chi connectivity index (χ0v) is 21.7. The van der Waals surface area contributed by atoms with Gasteiger partial charge < -0.3 is 19.7 Å². The molecule has 1 unspecified atom stereocenters. The fraction of sp³-hybridized carbons (Fsp3) is 0.419. The van der Waals surface area contributed by atoms with Gasteiger partial charge in [-0.1, -0.05) is 56.7 Å². The lowest BCUT2D eigenvalue weighted by atomic mass is 9.76. The Bertz CT molecular complexity index is 1010. The van der Waals surface area contributed by atoms with Crippen molar-refractivity contribution in [3.05, 3.63) is 84.4 Å². The Labute approximate surface area is 216 Å². The first-order valence-corrected chi connectivity index (χ1v) is 13.1. The third-order valence-corrected chi connectivity index (χ3v) is 6.93. The van der Waals surface area contributed by atoms with E-state index in [0.717, 1.165) is 49.7 Å². The van der Waals surface area contributed by atoms with Gasteiger partial charge in [-0.15, -0.1) is 0 Å². The first kappa shape index (κ1) is 27.4. The van der Waals surface area contributed by atoms with E-state index in [1.807, 2.05) is 48.5 Å². The van der Waals surface area contributed by atoms with Gasteiger partial charge in [-0.25, -0.2) is 0 Å². The van der Waals surface area contributed by atoms with E-state index < -0.39 is 0 Å². The van der Waals surface area contributed by atoms with Crippen molar-refractivity contribution in [2.24, 2.45) is 0 Å². The Hall–Kier alpha value is -3.18. The van der Waals surface area contributed by atoms with E-state index in [0.29, 0.717) is 11.5 Å². The fourth-order valence-corrected chi connectivity index (χ4v) is 4.42. The number of para-hydroxylation sites is 2. The van der Waals surface area contributed by atoms with E-state index in [2.05, 4.69) is 18.7 Å². The van der Waals surface area contributed by atoms with Crippen LogP contribution in [0.1, 0.15) is 51.5 Å². The zero-order chi connectivity index (χ0) is 25.6. The van der Waals surface area contributed by atoms with Crippen LogP contribution >= 0.6 is 0 Å². The molecule has 5 rings (SSSR count).